The number of likely N-dealkylation sites (tertiary alicyclic amines) is 1. The number of carbonyl (C=O) groups is 1. The Balaban J connectivity index is 1.51. The average Bonchev–Trinajstić information content (AvgIpc) is 3.35. The van der Waals surface area contributed by atoms with Crippen molar-refractivity contribution in [3.8, 4) is 0 Å². The van der Waals surface area contributed by atoms with E-state index in [1.807, 2.05) is 23.1 Å². The third kappa shape index (κ3) is 3.61. The lowest BCUT2D eigenvalue weighted by molar-refractivity contribution is -0.134. The highest BCUT2D eigenvalue weighted by atomic mass is 19.1. The maximum atomic E-state index is 13.1. The molecule has 6 heteroatoms. The summed E-state index contributed by atoms with van der Waals surface area (Å²) in [6.07, 6.45) is 3.42. The number of hydrazine groups is 1. The molecule has 0 aliphatic carbocycles. The van der Waals surface area contributed by atoms with E-state index in [1.54, 1.807) is 12.1 Å². The Morgan fingerprint density at radius 1 is 1.19 bits per heavy atom. The second-order valence-corrected chi connectivity index (χ2v) is 6.96. The van der Waals surface area contributed by atoms with E-state index in [2.05, 4.69) is 10.9 Å². The van der Waals surface area contributed by atoms with Gasteiger partial charge in [0.2, 0.25) is 5.91 Å². The van der Waals surface area contributed by atoms with Crippen molar-refractivity contribution in [2.45, 2.75) is 37.8 Å². The highest BCUT2D eigenvalue weighted by Gasteiger charge is 2.35. The van der Waals surface area contributed by atoms with E-state index in [0.717, 1.165) is 49.3 Å². The second kappa shape index (κ2) is 7.51. The van der Waals surface area contributed by atoms with Crippen LogP contribution >= 0.6 is 0 Å². The molecular formula is C20H23FN4O. The third-order valence-corrected chi connectivity index (χ3v) is 5.14. The number of carbonyl (C=O) groups excluding carboxylic acids is 1. The van der Waals surface area contributed by atoms with Gasteiger partial charge in [0.1, 0.15) is 11.9 Å². The van der Waals surface area contributed by atoms with Crippen molar-refractivity contribution in [1.29, 1.82) is 0 Å². The summed E-state index contributed by atoms with van der Waals surface area (Å²) in [5.41, 5.74) is 9.00. The van der Waals surface area contributed by atoms with Gasteiger partial charge in [0, 0.05) is 25.2 Å². The Labute approximate surface area is 152 Å². The van der Waals surface area contributed by atoms with E-state index in [-0.39, 0.29) is 23.8 Å². The van der Waals surface area contributed by atoms with Crippen LogP contribution in [0.4, 0.5) is 4.39 Å². The SMILES string of the molecule is O=C(C1CCNN1)N1CCCC1c1cccc(Cc2ccc(F)cc2)n1. The highest BCUT2D eigenvalue weighted by molar-refractivity contribution is 5.82. The zero-order valence-electron chi connectivity index (χ0n) is 14.6. The lowest BCUT2D eigenvalue weighted by Crippen LogP contribution is -2.45. The fourth-order valence-corrected chi connectivity index (χ4v) is 3.80. The van der Waals surface area contributed by atoms with E-state index in [4.69, 9.17) is 4.98 Å². The summed E-state index contributed by atoms with van der Waals surface area (Å²) in [6, 6.07) is 12.4. The molecule has 1 aromatic heterocycles. The van der Waals surface area contributed by atoms with Crippen LogP contribution in [0.5, 0.6) is 0 Å². The van der Waals surface area contributed by atoms with Gasteiger partial charge in [-0.3, -0.25) is 15.2 Å². The molecule has 3 heterocycles. The van der Waals surface area contributed by atoms with E-state index < -0.39 is 0 Å². The Morgan fingerprint density at radius 2 is 2.04 bits per heavy atom. The van der Waals surface area contributed by atoms with Crippen molar-refractivity contribution in [2.75, 3.05) is 13.1 Å². The van der Waals surface area contributed by atoms with Crippen LogP contribution < -0.4 is 10.9 Å². The summed E-state index contributed by atoms with van der Waals surface area (Å²) in [4.78, 5) is 19.6. The first kappa shape index (κ1) is 17.1. The Bertz CT molecular complexity index is 774. The fourth-order valence-electron chi connectivity index (χ4n) is 3.80. The number of nitrogens with one attached hydrogen (secondary N) is 2. The predicted octanol–water partition coefficient (Wildman–Crippen LogP) is 2.34. The summed E-state index contributed by atoms with van der Waals surface area (Å²) >= 11 is 0. The number of hydrogen-bond acceptors (Lipinski definition) is 4. The van der Waals surface area contributed by atoms with E-state index in [1.165, 1.54) is 12.1 Å². The van der Waals surface area contributed by atoms with Gasteiger partial charge >= 0.3 is 0 Å². The molecule has 4 rings (SSSR count). The smallest absolute Gasteiger partial charge is 0.241 e. The zero-order chi connectivity index (χ0) is 17.9. The van der Waals surface area contributed by atoms with Gasteiger partial charge < -0.3 is 4.90 Å². The molecule has 0 bridgehead atoms. The largest absolute Gasteiger partial charge is 0.333 e. The molecule has 2 saturated heterocycles. The summed E-state index contributed by atoms with van der Waals surface area (Å²) in [6.45, 7) is 1.60. The molecule has 2 N–H and O–H groups in total. The van der Waals surface area contributed by atoms with Crippen LogP contribution in [0.25, 0.3) is 0 Å². The van der Waals surface area contributed by atoms with Gasteiger partial charge in [-0.05, 0) is 49.1 Å². The van der Waals surface area contributed by atoms with Crippen LogP contribution in [0.2, 0.25) is 0 Å². The van der Waals surface area contributed by atoms with Crippen LogP contribution in [0.15, 0.2) is 42.5 Å². The van der Waals surface area contributed by atoms with Crippen molar-refractivity contribution in [2.24, 2.45) is 0 Å². The third-order valence-electron chi connectivity index (χ3n) is 5.14. The van der Waals surface area contributed by atoms with Crippen molar-refractivity contribution >= 4 is 5.91 Å². The van der Waals surface area contributed by atoms with E-state index in [9.17, 15) is 9.18 Å². The van der Waals surface area contributed by atoms with E-state index in [0.29, 0.717) is 6.42 Å². The molecule has 2 fully saturated rings. The molecule has 1 amide bonds. The molecule has 5 nitrogen and oxygen atoms in total. The van der Waals surface area contributed by atoms with Crippen LogP contribution in [-0.2, 0) is 11.2 Å². The maximum absolute atomic E-state index is 13.1. The van der Waals surface area contributed by atoms with Gasteiger partial charge in [0.25, 0.3) is 0 Å². The van der Waals surface area contributed by atoms with Crippen LogP contribution in [0.3, 0.4) is 0 Å². The Kier molecular flexibility index (Phi) is 4.95. The second-order valence-electron chi connectivity index (χ2n) is 6.96. The number of nitrogens with zero attached hydrogens (tertiary/aromatic N) is 2. The zero-order valence-corrected chi connectivity index (χ0v) is 14.6. The summed E-state index contributed by atoms with van der Waals surface area (Å²) in [7, 11) is 0. The van der Waals surface area contributed by atoms with Crippen molar-refractivity contribution in [3.05, 3.63) is 65.2 Å². The molecule has 136 valence electrons. The molecule has 2 aliphatic heterocycles. The number of amides is 1. The number of hydrogen-bond donors (Lipinski definition) is 2. The maximum Gasteiger partial charge on any atom is 0.241 e. The van der Waals surface area contributed by atoms with Crippen LogP contribution in [0.1, 0.15) is 42.3 Å². The Morgan fingerprint density at radius 3 is 2.81 bits per heavy atom. The first-order valence-electron chi connectivity index (χ1n) is 9.20. The highest BCUT2D eigenvalue weighted by Crippen LogP contribution is 2.32. The van der Waals surface area contributed by atoms with Gasteiger partial charge in [0.15, 0.2) is 0 Å². The monoisotopic (exact) mass is 354 g/mol. The summed E-state index contributed by atoms with van der Waals surface area (Å²) in [5, 5.41) is 0. The van der Waals surface area contributed by atoms with Crippen molar-refractivity contribution < 1.29 is 9.18 Å². The van der Waals surface area contributed by atoms with Gasteiger partial charge in [-0.25, -0.2) is 9.82 Å². The minimum atomic E-state index is -0.231. The first-order valence-corrected chi connectivity index (χ1v) is 9.20. The van der Waals surface area contributed by atoms with Gasteiger partial charge in [0.05, 0.1) is 11.7 Å². The molecule has 0 spiro atoms. The molecular weight excluding hydrogens is 331 g/mol. The summed E-state index contributed by atoms with van der Waals surface area (Å²) < 4.78 is 13.1. The predicted molar refractivity (Wildman–Crippen MR) is 96.7 cm³/mol. The molecule has 2 unspecified atom stereocenters. The number of aromatic nitrogens is 1. The molecule has 1 aromatic carbocycles. The topological polar surface area (TPSA) is 57.3 Å². The minimum Gasteiger partial charge on any atom is -0.333 e. The number of rotatable bonds is 4. The van der Waals surface area contributed by atoms with Crippen LogP contribution in [0, 0.1) is 5.82 Å². The molecule has 0 radical (unpaired) electrons. The lowest BCUT2D eigenvalue weighted by atomic mass is 10.1. The quantitative estimate of drug-likeness (QED) is 0.885. The number of pyridine rings is 1. The lowest BCUT2D eigenvalue weighted by Gasteiger charge is -2.27. The van der Waals surface area contributed by atoms with Gasteiger partial charge in [-0.1, -0.05) is 18.2 Å². The average molecular weight is 354 g/mol. The Hall–Kier alpha value is -2.31. The van der Waals surface area contributed by atoms with Crippen molar-refractivity contribution in [1.82, 2.24) is 20.7 Å². The van der Waals surface area contributed by atoms with Gasteiger partial charge in [-0.15, -0.1) is 0 Å². The van der Waals surface area contributed by atoms with Crippen molar-refractivity contribution in [3.63, 3.8) is 0 Å². The summed E-state index contributed by atoms with van der Waals surface area (Å²) in [5.74, 6) is -0.0752. The van der Waals surface area contributed by atoms with Gasteiger partial charge in [-0.2, -0.15) is 0 Å². The standard InChI is InChI=1S/C20H23FN4O/c21-15-8-6-14(7-9-15)13-16-3-1-4-17(23-16)19-5-2-12-25(19)20(26)18-10-11-22-24-18/h1,3-4,6-9,18-19,22,24H,2,5,10-13H2. The first-order chi connectivity index (χ1) is 12.7. The normalized spacial score (nSPS) is 22.7. The molecule has 0 saturated carbocycles. The van der Waals surface area contributed by atoms with Crippen LogP contribution in [-0.4, -0.2) is 34.9 Å². The van der Waals surface area contributed by atoms with E-state index >= 15 is 0 Å². The molecule has 2 aliphatic rings. The fraction of sp³-hybridized carbons (Fsp3) is 0.400. The molecule has 26 heavy (non-hydrogen) atoms. The minimum absolute atomic E-state index is 0.0399. The molecule has 2 aromatic rings. The number of halogens is 1. The molecule has 2 atom stereocenters. The number of benzene rings is 1.